The van der Waals surface area contributed by atoms with Gasteiger partial charge in [-0.05, 0) is 36.6 Å². The van der Waals surface area contributed by atoms with Crippen molar-refractivity contribution in [3.63, 3.8) is 0 Å². The summed E-state index contributed by atoms with van der Waals surface area (Å²) in [5.74, 6) is 1.09. The van der Waals surface area contributed by atoms with Crippen LogP contribution < -0.4 is 15.4 Å². The molecular formula is C21H31IN4O2S. The predicted octanol–water partition coefficient (Wildman–Crippen LogP) is 3.13. The van der Waals surface area contributed by atoms with E-state index < -0.39 is 10.0 Å². The van der Waals surface area contributed by atoms with Gasteiger partial charge >= 0.3 is 0 Å². The van der Waals surface area contributed by atoms with E-state index >= 15 is 0 Å². The minimum absolute atomic E-state index is 0. The highest BCUT2D eigenvalue weighted by Gasteiger charge is 2.09. The minimum atomic E-state index is -3.25. The lowest BCUT2D eigenvalue weighted by atomic mass is 10.0. The van der Waals surface area contributed by atoms with Gasteiger partial charge in [-0.2, -0.15) is 0 Å². The summed E-state index contributed by atoms with van der Waals surface area (Å²) < 4.78 is 25.5. The number of nitrogens with one attached hydrogen (secondary N) is 3. The zero-order valence-corrected chi connectivity index (χ0v) is 20.5. The van der Waals surface area contributed by atoms with Gasteiger partial charge in [-0.25, -0.2) is 13.1 Å². The van der Waals surface area contributed by atoms with Gasteiger partial charge < -0.3 is 10.6 Å². The van der Waals surface area contributed by atoms with Crippen LogP contribution in [-0.4, -0.2) is 35.0 Å². The molecule has 0 fully saturated rings. The molecule has 8 heteroatoms. The first kappa shape index (κ1) is 25.4. The maximum Gasteiger partial charge on any atom is 0.215 e. The molecule has 0 radical (unpaired) electrons. The Bertz CT molecular complexity index is 882. The van der Waals surface area contributed by atoms with E-state index in [9.17, 15) is 8.42 Å². The summed E-state index contributed by atoms with van der Waals surface area (Å²) in [6.45, 7) is 5.66. The smallest absolute Gasteiger partial charge is 0.215 e. The number of halogens is 1. The highest BCUT2D eigenvalue weighted by Crippen LogP contribution is 2.14. The standard InChI is InChI=1S/C21H30N4O2S.HI/c1-16-5-11-20(12-6-16)17(2)13-24-21(22-3)25-14-18-7-9-19(10-8-18)15-28(26,27)23-4;/h5-12,17,23H,13-15H2,1-4H3,(H2,22,24,25);1H. The molecule has 0 aromatic heterocycles. The number of sulfonamides is 1. The highest BCUT2D eigenvalue weighted by molar-refractivity contribution is 14.0. The van der Waals surface area contributed by atoms with Crippen LogP contribution in [0.1, 0.15) is 35.1 Å². The summed E-state index contributed by atoms with van der Waals surface area (Å²) >= 11 is 0. The van der Waals surface area contributed by atoms with Crippen LogP contribution in [0.15, 0.2) is 53.5 Å². The van der Waals surface area contributed by atoms with Gasteiger partial charge in [-0.1, -0.05) is 61.0 Å². The Labute approximate surface area is 191 Å². The van der Waals surface area contributed by atoms with E-state index in [0.717, 1.165) is 23.6 Å². The predicted molar refractivity (Wildman–Crippen MR) is 131 cm³/mol. The fourth-order valence-electron chi connectivity index (χ4n) is 2.71. The molecular weight excluding hydrogens is 499 g/mol. The maximum atomic E-state index is 11.6. The normalized spacial score (nSPS) is 12.8. The molecule has 160 valence electrons. The van der Waals surface area contributed by atoms with E-state index in [2.05, 4.69) is 58.5 Å². The fourth-order valence-corrected chi connectivity index (χ4v) is 3.49. The van der Waals surface area contributed by atoms with E-state index in [0.29, 0.717) is 12.5 Å². The SMILES string of the molecule is CN=C(NCc1ccc(CS(=O)(=O)NC)cc1)NCC(C)c1ccc(C)cc1.I. The molecule has 0 aliphatic carbocycles. The van der Waals surface area contributed by atoms with Crippen molar-refractivity contribution >= 4 is 40.0 Å². The Hall–Kier alpha value is -1.65. The van der Waals surface area contributed by atoms with E-state index in [1.807, 2.05) is 24.3 Å². The number of nitrogens with zero attached hydrogens (tertiary/aromatic N) is 1. The van der Waals surface area contributed by atoms with Crippen molar-refractivity contribution in [2.45, 2.75) is 32.1 Å². The molecule has 3 N–H and O–H groups in total. The van der Waals surface area contributed by atoms with Gasteiger partial charge in [0.25, 0.3) is 0 Å². The van der Waals surface area contributed by atoms with Crippen LogP contribution >= 0.6 is 24.0 Å². The van der Waals surface area contributed by atoms with E-state index in [1.54, 1.807) is 7.05 Å². The molecule has 0 saturated carbocycles. The molecule has 6 nitrogen and oxygen atoms in total. The van der Waals surface area contributed by atoms with Gasteiger partial charge in [0.05, 0.1) is 5.75 Å². The number of aryl methyl sites for hydroxylation is 1. The Morgan fingerprint density at radius 3 is 2.14 bits per heavy atom. The second-order valence-electron chi connectivity index (χ2n) is 6.90. The number of hydrogen-bond acceptors (Lipinski definition) is 3. The van der Waals surface area contributed by atoms with Crippen LogP contribution in [-0.2, 0) is 22.3 Å². The van der Waals surface area contributed by atoms with Crippen molar-refractivity contribution in [3.05, 3.63) is 70.8 Å². The zero-order valence-electron chi connectivity index (χ0n) is 17.4. The van der Waals surface area contributed by atoms with E-state index in [-0.39, 0.29) is 29.7 Å². The van der Waals surface area contributed by atoms with E-state index in [4.69, 9.17) is 0 Å². The summed E-state index contributed by atoms with van der Waals surface area (Å²) in [5.41, 5.74) is 4.37. The van der Waals surface area contributed by atoms with Crippen molar-refractivity contribution < 1.29 is 8.42 Å². The molecule has 0 aliphatic heterocycles. The maximum absolute atomic E-state index is 11.6. The van der Waals surface area contributed by atoms with Crippen molar-refractivity contribution in [1.29, 1.82) is 0 Å². The van der Waals surface area contributed by atoms with Gasteiger partial charge in [-0.3, -0.25) is 4.99 Å². The first-order valence-corrected chi connectivity index (χ1v) is 11.0. The minimum Gasteiger partial charge on any atom is -0.356 e. The largest absolute Gasteiger partial charge is 0.356 e. The summed E-state index contributed by atoms with van der Waals surface area (Å²) in [6.07, 6.45) is 0. The quantitative estimate of drug-likeness (QED) is 0.278. The topological polar surface area (TPSA) is 82.6 Å². The van der Waals surface area contributed by atoms with Crippen molar-refractivity contribution in [2.75, 3.05) is 20.6 Å². The molecule has 2 rings (SSSR count). The summed E-state index contributed by atoms with van der Waals surface area (Å²) in [7, 11) is -0.0806. The van der Waals surface area contributed by atoms with Crippen molar-refractivity contribution in [3.8, 4) is 0 Å². The molecule has 2 aromatic rings. The lowest BCUT2D eigenvalue weighted by Crippen LogP contribution is -2.38. The molecule has 2 aromatic carbocycles. The number of rotatable bonds is 8. The molecule has 0 amide bonds. The second kappa shape index (κ2) is 12.1. The average molecular weight is 530 g/mol. The van der Waals surface area contributed by atoms with Crippen LogP contribution in [0.2, 0.25) is 0 Å². The molecule has 0 spiro atoms. The first-order chi connectivity index (χ1) is 13.3. The highest BCUT2D eigenvalue weighted by atomic mass is 127. The van der Waals surface area contributed by atoms with Crippen molar-refractivity contribution in [2.24, 2.45) is 4.99 Å². The van der Waals surface area contributed by atoms with Crippen molar-refractivity contribution in [1.82, 2.24) is 15.4 Å². The van der Waals surface area contributed by atoms with Crippen LogP contribution in [0.3, 0.4) is 0 Å². The number of benzene rings is 2. The fraction of sp³-hybridized carbons (Fsp3) is 0.381. The summed E-state index contributed by atoms with van der Waals surface area (Å²) in [6, 6.07) is 16.1. The average Bonchev–Trinajstić information content (AvgIpc) is 2.69. The first-order valence-electron chi connectivity index (χ1n) is 9.33. The van der Waals surface area contributed by atoms with Gasteiger partial charge in [0, 0.05) is 20.1 Å². The Balaban J connectivity index is 0.00000420. The monoisotopic (exact) mass is 530 g/mol. The van der Waals surface area contributed by atoms with Gasteiger partial charge in [-0.15, -0.1) is 24.0 Å². The van der Waals surface area contributed by atoms with Gasteiger partial charge in [0.1, 0.15) is 0 Å². The summed E-state index contributed by atoms with van der Waals surface area (Å²) in [4.78, 5) is 4.27. The molecule has 0 heterocycles. The third-order valence-corrected chi connectivity index (χ3v) is 5.93. The number of aliphatic imine (C=N–C) groups is 1. The van der Waals surface area contributed by atoms with Crippen LogP contribution in [0.25, 0.3) is 0 Å². The molecule has 0 aliphatic rings. The third-order valence-electron chi connectivity index (χ3n) is 4.60. The Morgan fingerprint density at radius 1 is 1.00 bits per heavy atom. The number of guanidine groups is 1. The third kappa shape index (κ3) is 8.71. The molecule has 1 atom stereocenters. The number of hydrogen-bond donors (Lipinski definition) is 3. The molecule has 1 unspecified atom stereocenters. The lowest BCUT2D eigenvalue weighted by Gasteiger charge is -2.17. The zero-order chi connectivity index (χ0) is 20.6. The van der Waals surface area contributed by atoms with E-state index in [1.165, 1.54) is 18.2 Å². The van der Waals surface area contributed by atoms with Gasteiger partial charge in [0.2, 0.25) is 10.0 Å². The summed E-state index contributed by atoms with van der Waals surface area (Å²) in [5, 5.41) is 6.64. The van der Waals surface area contributed by atoms with Crippen LogP contribution in [0, 0.1) is 6.92 Å². The molecule has 29 heavy (non-hydrogen) atoms. The Morgan fingerprint density at radius 2 is 1.59 bits per heavy atom. The second-order valence-corrected chi connectivity index (χ2v) is 8.82. The van der Waals surface area contributed by atoms with Gasteiger partial charge in [0.15, 0.2) is 5.96 Å². The molecule has 0 saturated heterocycles. The lowest BCUT2D eigenvalue weighted by molar-refractivity contribution is 0.587. The Kier molecular flexibility index (Phi) is 10.6. The van der Waals surface area contributed by atoms with Crippen LogP contribution in [0.4, 0.5) is 0 Å². The molecule has 0 bridgehead atoms. The van der Waals surface area contributed by atoms with Crippen LogP contribution in [0.5, 0.6) is 0 Å².